The maximum atomic E-state index is 5.04. The summed E-state index contributed by atoms with van der Waals surface area (Å²) in [6.07, 6.45) is 2.66. The topological polar surface area (TPSA) is 59.1 Å². The molecule has 0 saturated heterocycles. The standard InChI is InChI=1S/C14H18N4O/c1-19-13-8-11-17-14(18-13)16-10-5-9-15-12-6-3-2-4-7-12/h2-4,6-8,11,15H,5,9-10H2,1H3,(H,16,17,18). The van der Waals surface area contributed by atoms with E-state index in [0.717, 1.165) is 25.2 Å². The largest absolute Gasteiger partial charge is 0.481 e. The molecule has 2 rings (SSSR count). The number of para-hydroxylation sites is 1. The van der Waals surface area contributed by atoms with Crippen molar-refractivity contribution in [3.05, 3.63) is 42.6 Å². The van der Waals surface area contributed by atoms with E-state index in [1.807, 2.05) is 18.2 Å². The van der Waals surface area contributed by atoms with E-state index in [1.165, 1.54) is 0 Å². The highest BCUT2D eigenvalue weighted by Gasteiger charge is 1.97. The molecule has 1 aromatic heterocycles. The van der Waals surface area contributed by atoms with Gasteiger partial charge in [-0.2, -0.15) is 4.98 Å². The minimum atomic E-state index is 0.569. The molecule has 0 amide bonds. The number of hydrogen-bond donors (Lipinski definition) is 2. The molecule has 0 bridgehead atoms. The van der Waals surface area contributed by atoms with E-state index in [2.05, 4.69) is 32.7 Å². The zero-order valence-electron chi connectivity index (χ0n) is 11.0. The van der Waals surface area contributed by atoms with Gasteiger partial charge in [0.25, 0.3) is 0 Å². The lowest BCUT2D eigenvalue weighted by Gasteiger charge is -2.07. The van der Waals surface area contributed by atoms with Gasteiger partial charge in [-0.25, -0.2) is 4.98 Å². The predicted octanol–water partition coefficient (Wildman–Crippen LogP) is 2.40. The minimum absolute atomic E-state index is 0.569. The lowest BCUT2D eigenvalue weighted by atomic mass is 10.3. The van der Waals surface area contributed by atoms with Crippen LogP contribution in [0.3, 0.4) is 0 Å². The molecule has 5 nitrogen and oxygen atoms in total. The van der Waals surface area contributed by atoms with Crippen LogP contribution < -0.4 is 15.4 Å². The maximum Gasteiger partial charge on any atom is 0.225 e. The second kappa shape index (κ2) is 7.20. The molecule has 2 aromatic rings. The van der Waals surface area contributed by atoms with Crippen LogP contribution in [0.4, 0.5) is 11.6 Å². The molecule has 1 heterocycles. The number of benzene rings is 1. The van der Waals surface area contributed by atoms with Crippen molar-refractivity contribution in [2.75, 3.05) is 30.8 Å². The minimum Gasteiger partial charge on any atom is -0.481 e. The highest BCUT2D eigenvalue weighted by molar-refractivity contribution is 5.42. The van der Waals surface area contributed by atoms with Gasteiger partial charge < -0.3 is 15.4 Å². The molecule has 100 valence electrons. The summed E-state index contributed by atoms with van der Waals surface area (Å²) in [6, 6.07) is 11.9. The zero-order chi connectivity index (χ0) is 13.3. The molecule has 0 fully saturated rings. The van der Waals surface area contributed by atoms with Crippen molar-refractivity contribution in [1.29, 1.82) is 0 Å². The van der Waals surface area contributed by atoms with Gasteiger partial charge >= 0.3 is 0 Å². The first-order chi connectivity index (χ1) is 9.38. The summed E-state index contributed by atoms with van der Waals surface area (Å²) in [6.45, 7) is 1.72. The molecule has 1 aromatic carbocycles. The average molecular weight is 258 g/mol. The fourth-order valence-electron chi connectivity index (χ4n) is 1.62. The normalized spacial score (nSPS) is 9.95. The molecular weight excluding hydrogens is 240 g/mol. The van der Waals surface area contributed by atoms with E-state index in [-0.39, 0.29) is 0 Å². The van der Waals surface area contributed by atoms with Crippen molar-refractivity contribution in [2.24, 2.45) is 0 Å². The monoisotopic (exact) mass is 258 g/mol. The molecule has 0 atom stereocenters. The van der Waals surface area contributed by atoms with Gasteiger partial charge in [0, 0.05) is 31.0 Å². The van der Waals surface area contributed by atoms with Gasteiger partial charge in [0.15, 0.2) is 0 Å². The molecule has 0 aliphatic carbocycles. The SMILES string of the molecule is COc1ccnc(NCCCNc2ccccc2)n1. The third-order valence-corrected chi connectivity index (χ3v) is 2.58. The summed E-state index contributed by atoms with van der Waals surface area (Å²) in [5, 5.41) is 6.51. The quantitative estimate of drug-likeness (QED) is 0.747. The summed E-state index contributed by atoms with van der Waals surface area (Å²) in [5.74, 6) is 1.17. The van der Waals surface area contributed by atoms with Crippen molar-refractivity contribution in [2.45, 2.75) is 6.42 Å². The Morgan fingerprint density at radius 1 is 1.05 bits per heavy atom. The molecular formula is C14H18N4O. The third kappa shape index (κ3) is 4.46. The van der Waals surface area contributed by atoms with Gasteiger partial charge in [-0.05, 0) is 18.6 Å². The summed E-state index contributed by atoms with van der Waals surface area (Å²) in [5.41, 5.74) is 1.14. The first-order valence-electron chi connectivity index (χ1n) is 6.28. The third-order valence-electron chi connectivity index (χ3n) is 2.58. The lowest BCUT2D eigenvalue weighted by Crippen LogP contribution is -2.10. The molecule has 5 heteroatoms. The Labute approximate surface area is 113 Å². The van der Waals surface area contributed by atoms with Crippen molar-refractivity contribution >= 4 is 11.6 Å². The Hall–Kier alpha value is -2.30. The maximum absolute atomic E-state index is 5.04. The highest BCUT2D eigenvalue weighted by atomic mass is 16.5. The van der Waals surface area contributed by atoms with Crippen LogP contribution >= 0.6 is 0 Å². The van der Waals surface area contributed by atoms with E-state index in [0.29, 0.717) is 11.8 Å². The Morgan fingerprint density at radius 2 is 1.84 bits per heavy atom. The smallest absolute Gasteiger partial charge is 0.225 e. The zero-order valence-corrected chi connectivity index (χ0v) is 11.0. The molecule has 0 spiro atoms. The van der Waals surface area contributed by atoms with Crippen LogP contribution in [0, 0.1) is 0 Å². The van der Waals surface area contributed by atoms with Crippen LogP contribution in [-0.4, -0.2) is 30.2 Å². The lowest BCUT2D eigenvalue weighted by molar-refractivity contribution is 0.397. The Bertz CT molecular complexity index is 490. The molecule has 0 aliphatic rings. The van der Waals surface area contributed by atoms with E-state index in [4.69, 9.17) is 4.74 Å². The van der Waals surface area contributed by atoms with Crippen molar-refractivity contribution in [1.82, 2.24) is 9.97 Å². The number of anilines is 2. The summed E-state index contributed by atoms with van der Waals surface area (Å²) in [7, 11) is 1.59. The van der Waals surface area contributed by atoms with E-state index < -0.39 is 0 Å². The number of nitrogens with one attached hydrogen (secondary N) is 2. The van der Waals surface area contributed by atoms with Crippen LogP contribution in [0.1, 0.15) is 6.42 Å². The van der Waals surface area contributed by atoms with E-state index >= 15 is 0 Å². The molecule has 0 unspecified atom stereocenters. The molecule has 19 heavy (non-hydrogen) atoms. The number of ether oxygens (including phenoxy) is 1. The van der Waals surface area contributed by atoms with Gasteiger partial charge in [-0.3, -0.25) is 0 Å². The highest BCUT2D eigenvalue weighted by Crippen LogP contribution is 2.07. The number of nitrogens with zero attached hydrogens (tertiary/aromatic N) is 2. The Kier molecular flexibility index (Phi) is 4.98. The van der Waals surface area contributed by atoms with Crippen LogP contribution in [-0.2, 0) is 0 Å². The molecule has 0 radical (unpaired) electrons. The fraction of sp³-hybridized carbons (Fsp3) is 0.286. The summed E-state index contributed by atoms with van der Waals surface area (Å²) in [4.78, 5) is 8.30. The van der Waals surface area contributed by atoms with Crippen LogP contribution in [0.15, 0.2) is 42.6 Å². The van der Waals surface area contributed by atoms with Gasteiger partial charge in [-0.15, -0.1) is 0 Å². The summed E-state index contributed by atoms with van der Waals surface area (Å²) >= 11 is 0. The van der Waals surface area contributed by atoms with Gasteiger partial charge in [-0.1, -0.05) is 18.2 Å². The Balaban J connectivity index is 1.66. The van der Waals surface area contributed by atoms with E-state index in [9.17, 15) is 0 Å². The van der Waals surface area contributed by atoms with E-state index in [1.54, 1.807) is 19.4 Å². The van der Waals surface area contributed by atoms with Gasteiger partial charge in [0.1, 0.15) is 0 Å². The predicted molar refractivity (Wildman–Crippen MR) is 76.6 cm³/mol. The summed E-state index contributed by atoms with van der Waals surface area (Å²) < 4.78 is 5.04. The average Bonchev–Trinajstić information content (AvgIpc) is 2.48. The molecule has 0 saturated carbocycles. The fourth-order valence-corrected chi connectivity index (χ4v) is 1.62. The number of hydrogen-bond acceptors (Lipinski definition) is 5. The van der Waals surface area contributed by atoms with Crippen LogP contribution in [0.25, 0.3) is 0 Å². The Morgan fingerprint density at radius 3 is 2.63 bits per heavy atom. The van der Waals surface area contributed by atoms with Crippen molar-refractivity contribution < 1.29 is 4.74 Å². The first-order valence-corrected chi connectivity index (χ1v) is 6.28. The number of methoxy groups -OCH3 is 1. The van der Waals surface area contributed by atoms with Gasteiger partial charge in [0.2, 0.25) is 11.8 Å². The van der Waals surface area contributed by atoms with Crippen molar-refractivity contribution in [3.8, 4) is 5.88 Å². The first kappa shape index (κ1) is 13.1. The molecule has 0 aliphatic heterocycles. The van der Waals surface area contributed by atoms with Crippen LogP contribution in [0.2, 0.25) is 0 Å². The number of aromatic nitrogens is 2. The van der Waals surface area contributed by atoms with Crippen molar-refractivity contribution in [3.63, 3.8) is 0 Å². The van der Waals surface area contributed by atoms with Gasteiger partial charge in [0.05, 0.1) is 7.11 Å². The second-order valence-corrected chi connectivity index (χ2v) is 4.00. The van der Waals surface area contributed by atoms with Crippen LogP contribution in [0.5, 0.6) is 5.88 Å². The second-order valence-electron chi connectivity index (χ2n) is 4.00. The molecule has 2 N–H and O–H groups in total. The number of rotatable bonds is 7.